The van der Waals surface area contributed by atoms with Gasteiger partial charge in [-0.2, -0.15) is 0 Å². The van der Waals surface area contributed by atoms with Gasteiger partial charge in [0, 0.05) is 25.8 Å². The van der Waals surface area contributed by atoms with Gasteiger partial charge in [0.2, 0.25) is 0 Å². The lowest BCUT2D eigenvalue weighted by Gasteiger charge is -1.97. The Morgan fingerprint density at radius 3 is 2.38 bits per heavy atom. The van der Waals surface area contributed by atoms with Gasteiger partial charge in [-0.15, -0.1) is 0 Å². The fraction of sp³-hybridized carbons (Fsp3) is 0.222. The van der Waals surface area contributed by atoms with Crippen LogP contribution in [0.1, 0.15) is 10.4 Å². The van der Waals surface area contributed by atoms with Crippen LogP contribution in [-0.4, -0.2) is 25.4 Å². The summed E-state index contributed by atoms with van der Waals surface area (Å²) in [6, 6.07) is 1.75. The topological polar surface area (TPSA) is 69.4 Å². The molecule has 7 heteroatoms. The molecule has 0 aliphatic heterocycles. The Bertz CT molecular complexity index is 397. The molecule has 0 saturated heterocycles. The summed E-state index contributed by atoms with van der Waals surface area (Å²) in [5, 5.41) is 10.2. The third-order valence-electron chi connectivity index (χ3n) is 1.38. The maximum Gasteiger partial charge on any atom is 0.273 e. The van der Waals surface area contributed by atoms with Crippen molar-refractivity contribution in [2.75, 3.05) is 14.2 Å². The Balaban J connectivity index is 0.000000673. The van der Waals surface area contributed by atoms with E-state index in [2.05, 4.69) is 20.7 Å². The van der Waals surface area contributed by atoms with Gasteiger partial charge < -0.3 is 4.74 Å². The number of benzene rings is 1. The molecule has 16 heavy (non-hydrogen) atoms. The number of hydrogen-bond acceptors (Lipinski definition) is 4. The SMILES string of the molecule is COC.O=Cc1cc([N+](=O)[O-])cc(F)c1Br. The summed E-state index contributed by atoms with van der Waals surface area (Å²) in [5.41, 5.74) is -0.519. The van der Waals surface area contributed by atoms with Crippen molar-refractivity contribution >= 4 is 27.9 Å². The molecule has 0 aliphatic carbocycles. The number of halogens is 2. The van der Waals surface area contributed by atoms with E-state index in [9.17, 15) is 19.3 Å². The van der Waals surface area contributed by atoms with Crippen LogP contribution in [0.25, 0.3) is 0 Å². The Morgan fingerprint density at radius 2 is 2.00 bits per heavy atom. The van der Waals surface area contributed by atoms with Crippen molar-refractivity contribution in [1.29, 1.82) is 0 Å². The number of methoxy groups -OCH3 is 1. The van der Waals surface area contributed by atoms with E-state index in [4.69, 9.17) is 0 Å². The van der Waals surface area contributed by atoms with Crippen molar-refractivity contribution in [3.63, 3.8) is 0 Å². The molecule has 0 unspecified atom stereocenters. The molecular weight excluding hydrogens is 285 g/mol. The smallest absolute Gasteiger partial charge is 0.273 e. The molecule has 0 heterocycles. The largest absolute Gasteiger partial charge is 0.388 e. The molecule has 1 aromatic carbocycles. The van der Waals surface area contributed by atoms with Gasteiger partial charge >= 0.3 is 0 Å². The number of rotatable bonds is 2. The lowest BCUT2D eigenvalue weighted by molar-refractivity contribution is -0.385. The average molecular weight is 294 g/mol. The first-order valence-corrected chi connectivity index (χ1v) is 4.76. The van der Waals surface area contributed by atoms with Gasteiger partial charge in [0.15, 0.2) is 6.29 Å². The summed E-state index contributed by atoms with van der Waals surface area (Å²) in [7, 11) is 3.25. The van der Waals surface area contributed by atoms with Crippen molar-refractivity contribution in [3.8, 4) is 0 Å². The second kappa shape index (κ2) is 7.02. The lowest BCUT2D eigenvalue weighted by atomic mass is 10.2. The summed E-state index contributed by atoms with van der Waals surface area (Å²) in [4.78, 5) is 19.8. The molecule has 0 aromatic heterocycles. The molecule has 0 radical (unpaired) electrons. The molecule has 88 valence electrons. The first-order chi connectivity index (χ1) is 7.47. The Labute approximate surface area is 99.5 Å². The van der Waals surface area contributed by atoms with E-state index in [1.54, 1.807) is 14.2 Å². The van der Waals surface area contributed by atoms with Crippen molar-refractivity contribution in [1.82, 2.24) is 0 Å². The van der Waals surface area contributed by atoms with Crippen LogP contribution in [0.5, 0.6) is 0 Å². The highest BCUT2D eigenvalue weighted by Gasteiger charge is 2.14. The van der Waals surface area contributed by atoms with E-state index in [1.165, 1.54) is 0 Å². The van der Waals surface area contributed by atoms with Crippen molar-refractivity contribution in [2.24, 2.45) is 0 Å². The van der Waals surface area contributed by atoms with Crippen LogP contribution in [0.4, 0.5) is 10.1 Å². The van der Waals surface area contributed by atoms with Crippen LogP contribution in [0.3, 0.4) is 0 Å². The summed E-state index contributed by atoms with van der Waals surface area (Å²) in [6.45, 7) is 0. The molecule has 0 atom stereocenters. The summed E-state index contributed by atoms with van der Waals surface area (Å²) in [5.74, 6) is -0.823. The predicted octanol–water partition coefficient (Wildman–Crippen LogP) is 2.57. The molecule has 0 N–H and O–H groups in total. The highest BCUT2D eigenvalue weighted by atomic mass is 79.9. The van der Waals surface area contributed by atoms with Crippen LogP contribution in [0.15, 0.2) is 16.6 Å². The first-order valence-electron chi connectivity index (χ1n) is 3.96. The second-order valence-corrected chi connectivity index (χ2v) is 3.41. The van der Waals surface area contributed by atoms with Crippen LogP contribution in [0, 0.1) is 15.9 Å². The van der Waals surface area contributed by atoms with E-state index in [0.717, 1.165) is 12.1 Å². The third kappa shape index (κ3) is 4.03. The van der Waals surface area contributed by atoms with Crippen molar-refractivity contribution < 1.29 is 18.8 Å². The average Bonchev–Trinajstić information content (AvgIpc) is 2.22. The van der Waals surface area contributed by atoms with Gasteiger partial charge in [0.05, 0.1) is 15.5 Å². The molecule has 5 nitrogen and oxygen atoms in total. The quantitative estimate of drug-likeness (QED) is 0.477. The van der Waals surface area contributed by atoms with Crippen LogP contribution >= 0.6 is 15.9 Å². The highest BCUT2D eigenvalue weighted by molar-refractivity contribution is 9.10. The Morgan fingerprint density at radius 1 is 1.50 bits per heavy atom. The normalized spacial score (nSPS) is 9.00. The number of nitro benzene ring substituents is 1. The standard InChI is InChI=1S/C7H3BrFNO3.C2H6O/c8-7-4(3-11)1-5(10(12)13)2-6(7)9;1-3-2/h1-3H;1-2H3. The predicted molar refractivity (Wildman–Crippen MR) is 59.1 cm³/mol. The zero-order chi connectivity index (χ0) is 12.7. The molecule has 0 bridgehead atoms. The number of non-ortho nitro benzene ring substituents is 1. The summed E-state index contributed by atoms with van der Waals surface area (Å²) in [6.07, 6.45) is 0.347. The van der Waals surface area contributed by atoms with Gasteiger partial charge in [0.1, 0.15) is 5.82 Å². The lowest BCUT2D eigenvalue weighted by Crippen LogP contribution is -1.93. The zero-order valence-electron chi connectivity index (χ0n) is 8.57. The van der Waals surface area contributed by atoms with Crippen LogP contribution in [-0.2, 0) is 4.74 Å². The van der Waals surface area contributed by atoms with E-state index in [0.29, 0.717) is 6.29 Å². The molecule has 0 aliphatic rings. The fourth-order valence-corrected chi connectivity index (χ4v) is 1.11. The zero-order valence-corrected chi connectivity index (χ0v) is 10.2. The van der Waals surface area contributed by atoms with E-state index < -0.39 is 16.4 Å². The summed E-state index contributed by atoms with van der Waals surface area (Å²) >= 11 is 2.79. The number of hydrogen-bond donors (Lipinski definition) is 0. The molecule has 1 rings (SSSR count). The van der Waals surface area contributed by atoms with Gasteiger partial charge in [-0.3, -0.25) is 14.9 Å². The number of aldehydes is 1. The van der Waals surface area contributed by atoms with Crippen molar-refractivity contribution in [3.05, 3.63) is 38.1 Å². The molecule has 0 spiro atoms. The van der Waals surface area contributed by atoms with E-state index in [1.807, 2.05) is 0 Å². The maximum absolute atomic E-state index is 12.9. The minimum atomic E-state index is -0.823. The van der Waals surface area contributed by atoms with Crippen LogP contribution in [0.2, 0.25) is 0 Å². The van der Waals surface area contributed by atoms with Crippen molar-refractivity contribution in [2.45, 2.75) is 0 Å². The molecule has 0 amide bonds. The number of ether oxygens (including phenoxy) is 1. The minimum absolute atomic E-state index is 0.0619. The van der Waals surface area contributed by atoms with Gasteiger partial charge in [-0.25, -0.2) is 4.39 Å². The third-order valence-corrected chi connectivity index (χ3v) is 2.22. The first kappa shape index (κ1) is 14.7. The molecule has 0 saturated carbocycles. The molecule has 0 fully saturated rings. The Hall–Kier alpha value is -1.34. The second-order valence-electron chi connectivity index (χ2n) is 2.61. The number of carbonyl (C=O) groups excluding carboxylic acids is 1. The molecular formula is C9H9BrFNO4. The van der Waals surface area contributed by atoms with Crippen LogP contribution < -0.4 is 0 Å². The van der Waals surface area contributed by atoms with Gasteiger partial charge in [-0.05, 0) is 15.9 Å². The number of carbonyl (C=O) groups is 1. The van der Waals surface area contributed by atoms with Gasteiger partial charge in [-0.1, -0.05) is 0 Å². The Kier molecular flexibility index (Phi) is 6.43. The minimum Gasteiger partial charge on any atom is -0.388 e. The molecule has 1 aromatic rings. The number of nitro groups is 1. The summed E-state index contributed by atoms with van der Waals surface area (Å²) < 4.78 is 17.1. The fourth-order valence-electron chi connectivity index (χ4n) is 0.787. The van der Waals surface area contributed by atoms with E-state index in [-0.39, 0.29) is 10.0 Å². The maximum atomic E-state index is 12.9. The monoisotopic (exact) mass is 293 g/mol. The highest BCUT2D eigenvalue weighted by Crippen LogP contribution is 2.24. The van der Waals surface area contributed by atoms with E-state index >= 15 is 0 Å². The van der Waals surface area contributed by atoms with Gasteiger partial charge in [0.25, 0.3) is 5.69 Å². The number of nitrogens with zero attached hydrogens (tertiary/aromatic N) is 1.